The molecular formula is C14H20N2O4. The van der Waals surface area contributed by atoms with E-state index in [0.29, 0.717) is 11.8 Å². The molecule has 0 amide bonds. The van der Waals surface area contributed by atoms with Crippen molar-refractivity contribution in [2.24, 2.45) is 0 Å². The first kappa shape index (κ1) is 14.6. The predicted octanol–water partition coefficient (Wildman–Crippen LogP) is 2.34. The van der Waals surface area contributed by atoms with Crippen LogP contribution in [0.5, 0.6) is 5.75 Å². The zero-order chi connectivity index (χ0) is 14.5. The Morgan fingerprint density at radius 2 is 2.30 bits per heavy atom. The van der Waals surface area contributed by atoms with Gasteiger partial charge >= 0.3 is 0 Å². The Bertz CT molecular complexity index is 478. The van der Waals surface area contributed by atoms with Gasteiger partial charge in [0.1, 0.15) is 5.75 Å². The highest BCUT2D eigenvalue weighted by molar-refractivity contribution is 5.59. The van der Waals surface area contributed by atoms with Gasteiger partial charge in [-0.1, -0.05) is 0 Å². The van der Waals surface area contributed by atoms with Gasteiger partial charge in [0.05, 0.1) is 18.1 Å². The quantitative estimate of drug-likeness (QED) is 0.639. The largest absolute Gasteiger partial charge is 0.496 e. The number of nitro benzene ring substituents is 1. The lowest BCUT2D eigenvalue weighted by molar-refractivity contribution is -0.384. The molecule has 1 fully saturated rings. The number of hydrogen-bond acceptors (Lipinski definition) is 5. The normalized spacial score (nSPS) is 18.3. The van der Waals surface area contributed by atoms with Gasteiger partial charge in [-0.05, 0) is 25.7 Å². The van der Waals surface area contributed by atoms with Gasteiger partial charge in [-0.3, -0.25) is 10.1 Å². The van der Waals surface area contributed by atoms with Crippen molar-refractivity contribution in [2.75, 3.05) is 25.2 Å². The van der Waals surface area contributed by atoms with Crippen LogP contribution in [-0.4, -0.2) is 36.3 Å². The minimum atomic E-state index is -0.398. The van der Waals surface area contributed by atoms with E-state index in [1.54, 1.807) is 6.07 Å². The van der Waals surface area contributed by atoms with Crippen LogP contribution in [0.15, 0.2) is 18.2 Å². The third-order valence-corrected chi connectivity index (χ3v) is 3.73. The summed E-state index contributed by atoms with van der Waals surface area (Å²) in [7, 11) is 1.51. The molecular weight excluding hydrogens is 260 g/mol. The van der Waals surface area contributed by atoms with Crippen LogP contribution in [0.2, 0.25) is 0 Å². The Morgan fingerprint density at radius 1 is 1.50 bits per heavy atom. The van der Waals surface area contributed by atoms with Gasteiger partial charge in [-0.15, -0.1) is 0 Å². The number of rotatable bonds is 6. The van der Waals surface area contributed by atoms with Crippen LogP contribution < -0.4 is 9.64 Å². The van der Waals surface area contributed by atoms with Crippen LogP contribution in [-0.2, 0) is 0 Å². The molecule has 20 heavy (non-hydrogen) atoms. The number of nitro groups is 1. The minimum Gasteiger partial charge on any atom is -0.496 e. The Balaban J connectivity index is 2.26. The van der Waals surface area contributed by atoms with Crippen LogP contribution in [0.4, 0.5) is 11.4 Å². The number of aliphatic hydroxyl groups is 1. The summed E-state index contributed by atoms with van der Waals surface area (Å²) in [4.78, 5) is 12.8. The molecule has 1 aliphatic heterocycles. The van der Waals surface area contributed by atoms with Crippen molar-refractivity contribution in [1.82, 2.24) is 0 Å². The number of nitrogens with zero attached hydrogens (tertiary/aromatic N) is 2. The molecule has 110 valence electrons. The summed E-state index contributed by atoms with van der Waals surface area (Å²) in [6.07, 6.45) is 3.79. The van der Waals surface area contributed by atoms with E-state index in [4.69, 9.17) is 9.84 Å². The Kier molecular flexibility index (Phi) is 4.79. The fraction of sp³-hybridized carbons (Fsp3) is 0.571. The summed E-state index contributed by atoms with van der Waals surface area (Å²) in [6.45, 7) is 1.07. The number of anilines is 1. The van der Waals surface area contributed by atoms with E-state index in [2.05, 4.69) is 4.90 Å². The smallest absolute Gasteiger partial charge is 0.275 e. The van der Waals surface area contributed by atoms with E-state index in [1.165, 1.54) is 13.2 Å². The van der Waals surface area contributed by atoms with E-state index >= 15 is 0 Å². The van der Waals surface area contributed by atoms with E-state index in [1.807, 2.05) is 6.07 Å². The third kappa shape index (κ3) is 3.19. The van der Waals surface area contributed by atoms with Gasteiger partial charge in [0.25, 0.3) is 5.69 Å². The van der Waals surface area contributed by atoms with Gasteiger partial charge in [-0.2, -0.15) is 0 Å². The first-order chi connectivity index (χ1) is 9.65. The molecule has 0 saturated carbocycles. The fourth-order valence-corrected chi connectivity index (χ4v) is 2.76. The monoisotopic (exact) mass is 280 g/mol. The number of hydrogen-bond donors (Lipinski definition) is 1. The van der Waals surface area contributed by atoms with E-state index in [9.17, 15) is 10.1 Å². The molecule has 2 rings (SSSR count). The molecule has 0 aromatic heterocycles. The molecule has 0 radical (unpaired) electrons. The van der Waals surface area contributed by atoms with Crippen molar-refractivity contribution >= 4 is 11.4 Å². The van der Waals surface area contributed by atoms with Crippen molar-refractivity contribution < 1.29 is 14.8 Å². The van der Waals surface area contributed by atoms with Crippen LogP contribution in [0.25, 0.3) is 0 Å². The number of aliphatic hydroxyl groups excluding tert-OH is 1. The Labute approximate surface area is 118 Å². The minimum absolute atomic E-state index is 0.0483. The van der Waals surface area contributed by atoms with Crippen molar-refractivity contribution in [3.63, 3.8) is 0 Å². The van der Waals surface area contributed by atoms with Gasteiger partial charge < -0.3 is 14.7 Å². The number of benzene rings is 1. The zero-order valence-corrected chi connectivity index (χ0v) is 11.6. The SMILES string of the molecule is COc1cc(N2CCCC2CCCO)cc([N+](=O)[O-])c1. The molecule has 1 aromatic rings. The fourth-order valence-electron chi connectivity index (χ4n) is 2.76. The van der Waals surface area contributed by atoms with E-state index < -0.39 is 4.92 Å². The zero-order valence-electron chi connectivity index (χ0n) is 11.6. The van der Waals surface area contributed by atoms with Crippen LogP contribution in [0.3, 0.4) is 0 Å². The molecule has 1 aliphatic rings. The average Bonchev–Trinajstić information content (AvgIpc) is 2.92. The van der Waals surface area contributed by atoms with Crippen LogP contribution in [0.1, 0.15) is 25.7 Å². The average molecular weight is 280 g/mol. The molecule has 1 unspecified atom stereocenters. The first-order valence-electron chi connectivity index (χ1n) is 6.86. The van der Waals surface area contributed by atoms with Gasteiger partial charge in [-0.25, -0.2) is 0 Å². The molecule has 0 spiro atoms. The highest BCUT2D eigenvalue weighted by Crippen LogP contribution is 2.33. The highest BCUT2D eigenvalue weighted by atomic mass is 16.6. The molecule has 6 nitrogen and oxygen atoms in total. The molecule has 6 heteroatoms. The molecule has 0 aliphatic carbocycles. The topological polar surface area (TPSA) is 75.8 Å². The van der Waals surface area contributed by atoms with Gasteiger partial charge in [0.2, 0.25) is 0 Å². The first-order valence-corrected chi connectivity index (χ1v) is 6.86. The summed E-state index contributed by atoms with van der Waals surface area (Å²) in [5.74, 6) is 0.502. The molecule has 1 saturated heterocycles. The van der Waals surface area contributed by atoms with Gasteiger partial charge in [0, 0.05) is 37.0 Å². The lowest BCUT2D eigenvalue weighted by Gasteiger charge is -2.27. The Morgan fingerprint density at radius 3 is 2.95 bits per heavy atom. The van der Waals surface area contributed by atoms with Crippen molar-refractivity contribution in [1.29, 1.82) is 0 Å². The lowest BCUT2D eigenvalue weighted by Crippen LogP contribution is -2.29. The maximum atomic E-state index is 11.0. The highest BCUT2D eigenvalue weighted by Gasteiger charge is 2.26. The second-order valence-corrected chi connectivity index (χ2v) is 5.00. The summed E-state index contributed by atoms with van der Waals surface area (Å²) >= 11 is 0. The molecule has 1 aromatic carbocycles. The summed E-state index contributed by atoms with van der Waals surface area (Å²) in [6, 6.07) is 5.21. The van der Waals surface area contributed by atoms with Gasteiger partial charge in [0.15, 0.2) is 0 Å². The second kappa shape index (κ2) is 6.56. The van der Waals surface area contributed by atoms with Crippen LogP contribution >= 0.6 is 0 Å². The maximum Gasteiger partial charge on any atom is 0.275 e. The van der Waals surface area contributed by atoms with E-state index in [-0.39, 0.29) is 12.3 Å². The molecule has 1 heterocycles. The van der Waals surface area contributed by atoms with Crippen molar-refractivity contribution in [3.8, 4) is 5.75 Å². The molecule has 0 bridgehead atoms. The Hall–Kier alpha value is -1.82. The maximum absolute atomic E-state index is 11.0. The van der Waals surface area contributed by atoms with Crippen LogP contribution in [0, 0.1) is 10.1 Å². The molecule has 1 atom stereocenters. The number of ether oxygens (including phenoxy) is 1. The summed E-state index contributed by atoms with van der Waals surface area (Å²) in [5.41, 5.74) is 0.878. The third-order valence-electron chi connectivity index (χ3n) is 3.73. The van der Waals surface area contributed by atoms with Crippen molar-refractivity contribution in [2.45, 2.75) is 31.7 Å². The summed E-state index contributed by atoms with van der Waals surface area (Å²) < 4.78 is 5.15. The van der Waals surface area contributed by atoms with E-state index in [0.717, 1.165) is 37.9 Å². The standard InChI is InChI=1S/C14H20N2O4/c1-20-14-9-12(8-13(10-14)16(18)19)15-6-2-4-11(15)5-3-7-17/h8-11,17H,2-7H2,1H3. The lowest BCUT2D eigenvalue weighted by atomic mass is 10.1. The summed E-state index contributed by atoms with van der Waals surface area (Å²) in [5, 5.41) is 19.9. The number of non-ortho nitro benzene ring substituents is 1. The second-order valence-electron chi connectivity index (χ2n) is 5.00. The predicted molar refractivity (Wildman–Crippen MR) is 76.3 cm³/mol. The molecule has 1 N–H and O–H groups in total. The number of methoxy groups -OCH3 is 1. The van der Waals surface area contributed by atoms with Crippen molar-refractivity contribution in [3.05, 3.63) is 28.3 Å².